The molecule has 2 heterocycles. The summed E-state index contributed by atoms with van der Waals surface area (Å²) in [5, 5.41) is 3.22. The molecule has 0 bridgehead atoms. The van der Waals surface area contributed by atoms with E-state index in [0.29, 0.717) is 30.4 Å². The van der Waals surface area contributed by atoms with Crippen molar-refractivity contribution in [2.45, 2.75) is 20.5 Å². The third-order valence-electron chi connectivity index (χ3n) is 5.11. The van der Waals surface area contributed by atoms with E-state index in [9.17, 15) is 4.79 Å². The van der Waals surface area contributed by atoms with E-state index in [4.69, 9.17) is 14.5 Å². The summed E-state index contributed by atoms with van der Waals surface area (Å²) in [5.74, 6) is 1.06. The fourth-order valence-electron chi connectivity index (χ4n) is 3.57. The summed E-state index contributed by atoms with van der Waals surface area (Å²) in [6.45, 7) is 4.62. The van der Waals surface area contributed by atoms with Gasteiger partial charge in [-0.2, -0.15) is 0 Å². The smallest absolute Gasteiger partial charge is 0.325 e. The molecular formula is C27H27N3O3. The highest BCUT2D eigenvalue weighted by atomic mass is 16.5. The maximum atomic E-state index is 12.0. The number of nitrogens with one attached hydrogen (secondary N) is 1. The van der Waals surface area contributed by atoms with E-state index in [-0.39, 0.29) is 12.5 Å². The third kappa shape index (κ3) is 5.41. The van der Waals surface area contributed by atoms with Gasteiger partial charge in [-0.3, -0.25) is 9.20 Å². The van der Waals surface area contributed by atoms with Crippen molar-refractivity contribution < 1.29 is 14.3 Å². The normalized spacial score (nSPS) is 11.4. The number of pyridine rings is 1. The van der Waals surface area contributed by atoms with Gasteiger partial charge in [-0.1, -0.05) is 60.7 Å². The summed E-state index contributed by atoms with van der Waals surface area (Å²) < 4.78 is 13.1. The minimum Gasteiger partial charge on any atom is -0.485 e. The lowest BCUT2D eigenvalue weighted by Crippen LogP contribution is -2.18. The average molecular weight is 442 g/mol. The maximum Gasteiger partial charge on any atom is 0.325 e. The number of allylic oxidation sites excluding steroid dienone is 1. The summed E-state index contributed by atoms with van der Waals surface area (Å²) in [6, 6.07) is 23.9. The first-order chi connectivity index (χ1) is 16.2. The highest BCUT2D eigenvalue weighted by Gasteiger charge is 2.18. The molecule has 0 atom stereocenters. The Morgan fingerprint density at radius 1 is 1.03 bits per heavy atom. The van der Waals surface area contributed by atoms with E-state index in [0.717, 1.165) is 22.4 Å². The minimum atomic E-state index is -0.320. The van der Waals surface area contributed by atoms with Crippen LogP contribution in [0.4, 0.5) is 5.82 Å². The molecule has 4 aromatic rings. The Morgan fingerprint density at radius 2 is 1.76 bits per heavy atom. The topological polar surface area (TPSA) is 64.9 Å². The molecule has 0 amide bonds. The zero-order chi connectivity index (χ0) is 23.0. The first-order valence-corrected chi connectivity index (χ1v) is 11.0. The number of benzene rings is 2. The molecule has 1 N–H and O–H groups in total. The van der Waals surface area contributed by atoms with E-state index in [1.165, 1.54) is 0 Å². The molecule has 0 saturated heterocycles. The predicted molar refractivity (Wildman–Crippen MR) is 131 cm³/mol. The van der Waals surface area contributed by atoms with Crippen molar-refractivity contribution in [2.75, 3.05) is 18.5 Å². The zero-order valence-electron chi connectivity index (χ0n) is 18.8. The van der Waals surface area contributed by atoms with Crippen LogP contribution in [0.25, 0.3) is 17.3 Å². The predicted octanol–water partition coefficient (Wildman–Crippen LogP) is 5.45. The van der Waals surface area contributed by atoms with E-state index < -0.39 is 0 Å². The summed E-state index contributed by atoms with van der Waals surface area (Å²) in [7, 11) is 0. The molecule has 33 heavy (non-hydrogen) atoms. The lowest BCUT2D eigenvalue weighted by atomic mass is 10.1. The number of anilines is 1. The van der Waals surface area contributed by atoms with E-state index in [1.807, 2.05) is 90.3 Å². The van der Waals surface area contributed by atoms with Gasteiger partial charge in [-0.15, -0.1) is 0 Å². The van der Waals surface area contributed by atoms with Crippen LogP contribution in [0.1, 0.15) is 30.7 Å². The fraction of sp³-hybridized carbons (Fsp3) is 0.185. The number of esters is 1. The molecule has 0 aliphatic carbocycles. The Hall–Kier alpha value is -4.06. The number of nitrogens with zero attached hydrogens (tertiary/aromatic N) is 2. The standard InChI is InChI=1S/C27H27N3O3/c1-3-32-24(31)18-28-27-25(20(2)17-21-11-6-4-7-12-21)29-26-23(15-10-16-30(26)27)33-19-22-13-8-5-9-14-22/h4-17,28H,3,18-19H2,1-2H3/b20-17+. The Kier molecular flexibility index (Phi) is 7.05. The Bertz CT molecular complexity index is 1250. The lowest BCUT2D eigenvalue weighted by molar-refractivity contribution is -0.140. The van der Waals surface area contributed by atoms with Gasteiger partial charge in [0.05, 0.1) is 6.61 Å². The Morgan fingerprint density at radius 3 is 2.48 bits per heavy atom. The Balaban J connectivity index is 1.71. The van der Waals surface area contributed by atoms with E-state index in [2.05, 4.69) is 11.4 Å². The molecule has 0 radical (unpaired) electrons. The monoisotopic (exact) mass is 441 g/mol. The van der Waals surface area contributed by atoms with Crippen LogP contribution in [0.5, 0.6) is 5.75 Å². The molecule has 6 heteroatoms. The number of rotatable bonds is 9. The number of aromatic nitrogens is 2. The second-order valence-electron chi connectivity index (χ2n) is 7.55. The average Bonchev–Trinajstić information content (AvgIpc) is 3.22. The number of carbonyl (C=O) groups is 1. The van der Waals surface area contributed by atoms with Crippen LogP contribution in [0, 0.1) is 0 Å². The molecular weight excluding hydrogens is 414 g/mol. The van der Waals surface area contributed by atoms with Gasteiger partial charge in [0.1, 0.15) is 24.7 Å². The largest absolute Gasteiger partial charge is 0.485 e. The summed E-state index contributed by atoms with van der Waals surface area (Å²) >= 11 is 0. The van der Waals surface area contributed by atoms with Crippen molar-refractivity contribution in [2.24, 2.45) is 0 Å². The first kappa shape index (κ1) is 22.1. The summed E-state index contributed by atoms with van der Waals surface area (Å²) in [6.07, 6.45) is 3.98. The van der Waals surface area contributed by atoms with Crippen LogP contribution in [0.3, 0.4) is 0 Å². The maximum absolute atomic E-state index is 12.0. The molecule has 0 saturated carbocycles. The van der Waals surface area contributed by atoms with Crippen LogP contribution >= 0.6 is 0 Å². The number of carbonyl (C=O) groups excluding carboxylic acids is 1. The second-order valence-corrected chi connectivity index (χ2v) is 7.55. The van der Waals surface area contributed by atoms with E-state index in [1.54, 1.807) is 6.92 Å². The minimum absolute atomic E-state index is 0.0440. The van der Waals surface area contributed by atoms with Gasteiger partial charge in [0.2, 0.25) is 0 Å². The molecule has 0 unspecified atom stereocenters. The number of hydrogen-bond acceptors (Lipinski definition) is 5. The van der Waals surface area contributed by atoms with Crippen LogP contribution in [-0.4, -0.2) is 28.5 Å². The van der Waals surface area contributed by atoms with Crippen molar-refractivity contribution in [1.29, 1.82) is 0 Å². The van der Waals surface area contributed by atoms with Gasteiger partial charge in [0.25, 0.3) is 0 Å². The number of imidazole rings is 1. The number of hydrogen-bond donors (Lipinski definition) is 1. The molecule has 0 fully saturated rings. The molecule has 0 spiro atoms. The van der Waals surface area contributed by atoms with Gasteiger partial charge < -0.3 is 14.8 Å². The van der Waals surface area contributed by atoms with Gasteiger partial charge in [0, 0.05) is 6.20 Å². The molecule has 4 rings (SSSR count). The van der Waals surface area contributed by atoms with Crippen LogP contribution in [0.15, 0.2) is 79.0 Å². The van der Waals surface area contributed by atoms with E-state index >= 15 is 0 Å². The highest BCUT2D eigenvalue weighted by Crippen LogP contribution is 2.31. The lowest BCUT2D eigenvalue weighted by Gasteiger charge is -2.10. The van der Waals surface area contributed by atoms with Crippen molar-refractivity contribution in [3.8, 4) is 5.75 Å². The highest BCUT2D eigenvalue weighted by molar-refractivity contribution is 5.86. The molecule has 2 aromatic heterocycles. The summed E-state index contributed by atoms with van der Waals surface area (Å²) in [5.41, 5.74) is 4.54. The number of ether oxygens (including phenoxy) is 2. The van der Waals surface area contributed by atoms with Gasteiger partial charge in [-0.25, -0.2) is 4.98 Å². The SMILES string of the molecule is CCOC(=O)CNc1c(/C(C)=C/c2ccccc2)nc2c(OCc3ccccc3)cccn12. The van der Waals surface area contributed by atoms with Crippen molar-refractivity contribution in [3.63, 3.8) is 0 Å². The second kappa shape index (κ2) is 10.5. The fourth-order valence-corrected chi connectivity index (χ4v) is 3.57. The molecule has 6 nitrogen and oxygen atoms in total. The van der Waals surface area contributed by atoms with Crippen LogP contribution in [0.2, 0.25) is 0 Å². The van der Waals surface area contributed by atoms with Crippen LogP contribution < -0.4 is 10.1 Å². The van der Waals surface area contributed by atoms with Gasteiger partial charge in [-0.05, 0) is 48.8 Å². The van der Waals surface area contributed by atoms with Gasteiger partial charge >= 0.3 is 5.97 Å². The van der Waals surface area contributed by atoms with Crippen molar-refractivity contribution in [3.05, 3.63) is 95.8 Å². The molecule has 0 aliphatic rings. The molecule has 0 aliphatic heterocycles. The van der Waals surface area contributed by atoms with Gasteiger partial charge in [0.15, 0.2) is 11.4 Å². The quantitative estimate of drug-likeness (QED) is 0.350. The van der Waals surface area contributed by atoms with Crippen molar-refractivity contribution >= 4 is 29.1 Å². The van der Waals surface area contributed by atoms with Crippen LogP contribution in [-0.2, 0) is 16.1 Å². The zero-order valence-corrected chi connectivity index (χ0v) is 18.8. The summed E-state index contributed by atoms with van der Waals surface area (Å²) in [4.78, 5) is 16.9. The Labute approximate surface area is 193 Å². The molecule has 2 aromatic carbocycles. The first-order valence-electron chi connectivity index (χ1n) is 11.0. The molecule has 168 valence electrons. The number of fused-ring (bicyclic) bond motifs is 1. The third-order valence-corrected chi connectivity index (χ3v) is 5.11. The van der Waals surface area contributed by atoms with Crippen molar-refractivity contribution in [1.82, 2.24) is 9.38 Å².